The van der Waals surface area contributed by atoms with Crippen LogP contribution in [0.25, 0.3) is 32.7 Å². The molecule has 0 radical (unpaired) electrons. The Morgan fingerprint density at radius 3 is 1.48 bits per heavy atom. The topological polar surface area (TPSA) is 71.1 Å². The highest BCUT2D eigenvalue weighted by Crippen LogP contribution is 2.60. The minimum absolute atomic E-state index is 0.236. The molecule has 3 aliphatic heterocycles. The van der Waals surface area contributed by atoms with E-state index in [0.717, 1.165) is 62.5 Å². The Balaban J connectivity index is 1.30. The van der Waals surface area contributed by atoms with Crippen LogP contribution in [-0.4, -0.2) is 39.4 Å². The van der Waals surface area contributed by atoms with Crippen molar-refractivity contribution in [3.63, 3.8) is 0 Å². The molecule has 10 heteroatoms. The van der Waals surface area contributed by atoms with E-state index in [0.29, 0.717) is 13.2 Å². The standard InChI is InChI=1S/C32H22O6S4/c1-35-29(33)27-28(30(34)36-2)42-32(41-27)31-39-23-15-37-21-13-11-17-7-3-5-9-19(17)25(21)26-20-10-6-4-8-18(20)12-14-22(26)38-16-24(23)40-31/h3-14H,15-16H2,1-2H3. The molecule has 6 nitrogen and oxygen atoms in total. The van der Waals surface area contributed by atoms with Gasteiger partial charge in [0.25, 0.3) is 0 Å². The Morgan fingerprint density at radius 2 is 1.02 bits per heavy atom. The molecule has 0 fully saturated rings. The van der Waals surface area contributed by atoms with E-state index < -0.39 is 11.9 Å². The summed E-state index contributed by atoms with van der Waals surface area (Å²) in [6.45, 7) is 0.712. The molecule has 0 aromatic heterocycles. The van der Waals surface area contributed by atoms with Gasteiger partial charge in [0.15, 0.2) is 0 Å². The predicted molar refractivity (Wildman–Crippen MR) is 173 cm³/mol. The van der Waals surface area contributed by atoms with Gasteiger partial charge in [0.2, 0.25) is 0 Å². The van der Waals surface area contributed by atoms with Crippen LogP contribution in [0.1, 0.15) is 0 Å². The van der Waals surface area contributed by atoms with Gasteiger partial charge in [0, 0.05) is 20.9 Å². The SMILES string of the molecule is COC(=O)C1=C(C(=O)OC)SC(=C2SC3=C(COc4ccc5ccccc5c4-c4c(ccc5ccccc45)OC3)S2)S1. The number of ether oxygens (including phenoxy) is 4. The lowest BCUT2D eigenvalue weighted by atomic mass is 9.92. The Hall–Kier alpha value is -3.44. The lowest BCUT2D eigenvalue weighted by molar-refractivity contribution is -0.138. The van der Waals surface area contributed by atoms with Crippen molar-refractivity contribution >= 4 is 80.5 Å². The first-order chi connectivity index (χ1) is 20.6. The average molecular weight is 631 g/mol. The summed E-state index contributed by atoms with van der Waals surface area (Å²) in [5, 5.41) is 4.44. The molecule has 4 aromatic carbocycles. The minimum Gasteiger partial charge on any atom is -0.488 e. The zero-order valence-electron chi connectivity index (χ0n) is 22.4. The summed E-state index contributed by atoms with van der Waals surface area (Å²) in [5.74, 6) is 0.440. The van der Waals surface area contributed by atoms with Gasteiger partial charge in [0.1, 0.15) is 34.5 Å². The molecule has 210 valence electrons. The van der Waals surface area contributed by atoms with Crippen molar-refractivity contribution in [2.75, 3.05) is 27.4 Å². The molecule has 0 spiro atoms. The summed E-state index contributed by atoms with van der Waals surface area (Å²) in [7, 11) is 2.60. The van der Waals surface area contributed by atoms with Crippen LogP contribution in [0.3, 0.4) is 0 Å². The highest BCUT2D eigenvalue weighted by atomic mass is 32.2. The van der Waals surface area contributed by atoms with Gasteiger partial charge in [-0.25, -0.2) is 9.59 Å². The molecule has 42 heavy (non-hydrogen) atoms. The quantitative estimate of drug-likeness (QED) is 0.202. The van der Waals surface area contributed by atoms with E-state index in [1.807, 2.05) is 36.4 Å². The molecule has 0 N–H and O–H groups in total. The summed E-state index contributed by atoms with van der Waals surface area (Å²) in [6.07, 6.45) is 0. The van der Waals surface area contributed by atoms with Gasteiger partial charge in [0.05, 0.1) is 22.7 Å². The van der Waals surface area contributed by atoms with E-state index in [1.165, 1.54) is 37.7 Å². The number of hydrogen-bond acceptors (Lipinski definition) is 10. The molecule has 0 bridgehead atoms. The van der Waals surface area contributed by atoms with Crippen LogP contribution in [-0.2, 0) is 19.1 Å². The first-order valence-corrected chi connectivity index (χ1v) is 16.2. The molecule has 0 atom stereocenters. The second-order valence-electron chi connectivity index (χ2n) is 9.37. The molecule has 3 aliphatic rings. The summed E-state index contributed by atoms with van der Waals surface area (Å²) in [4.78, 5) is 27.4. The first kappa shape index (κ1) is 27.4. The monoisotopic (exact) mass is 630 g/mol. The van der Waals surface area contributed by atoms with Crippen LogP contribution in [0.5, 0.6) is 11.5 Å². The van der Waals surface area contributed by atoms with Crippen molar-refractivity contribution in [3.05, 3.63) is 101 Å². The lowest BCUT2D eigenvalue weighted by Crippen LogP contribution is -2.08. The van der Waals surface area contributed by atoms with Crippen LogP contribution in [0.15, 0.2) is 101 Å². The van der Waals surface area contributed by atoms with Gasteiger partial charge < -0.3 is 18.9 Å². The number of hydrogen-bond donors (Lipinski definition) is 0. The zero-order valence-corrected chi connectivity index (χ0v) is 25.7. The maximum Gasteiger partial charge on any atom is 0.346 e. The summed E-state index contributed by atoms with van der Waals surface area (Å²) >= 11 is 5.63. The molecule has 7 rings (SSSR count). The van der Waals surface area contributed by atoms with E-state index >= 15 is 0 Å². The summed E-state index contributed by atoms with van der Waals surface area (Å²) < 4.78 is 24.9. The Labute approximate surface area is 258 Å². The van der Waals surface area contributed by atoms with Crippen molar-refractivity contribution in [2.45, 2.75) is 0 Å². The molecule has 0 unspecified atom stereocenters. The summed E-state index contributed by atoms with van der Waals surface area (Å²) in [6, 6.07) is 24.9. The highest BCUT2D eigenvalue weighted by Gasteiger charge is 2.36. The van der Waals surface area contributed by atoms with Crippen LogP contribution >= 0.6 is 47.0 Å². The van der Waals surface area contributed by atoms with Crippen molar-refractivity contribution in [1.29, 1.82) is 0 Å². The van der Waals surface area contributed by atoms with Crippen LogP contribution in [0, 0.1) is 0 Å². The first-order valence-electron chi connectivity index (χ1n) is 12.9. The predicted octanol–water partition coefficient (Wildman–Crippen LogP) is 8.29. The molecule has 0 saturated heterocycles. The van der Waals surface area contributed by atoms with E-state index in [-0.39, 0.29) is 9.81 Å². The number of benzene rings is 4. The third kappa shape index (κ3) is 4.76. The molecule has 0 aliphatic carbocycles. The van der Waals surface area contributed by atoms with Crippen LogP contribution in [0.4, 0.5) is 0 Å². The normalized spacial score (nSPS) is 16.5. The number of esters is 2. The third-order valence-electron chi connectivity index (χ3n) is 7.00. The number of carbonyl (C=O) groups excluding carboxylic acids is 2. The largest absolute Gasteiger partial charge is 0.488 e. The highest BCUT2D eigenvalue weighted by molar-refractivity contribution is 8.34. The molecule has 0 saturated carbocycles. The smallest absolute Gasteiger partial charge is 0.346 e. The van der Waals surface area contributed by atoms with E-state index in [1.54, 1.807) is 23.5 Å². The van der Waals surface area contributed by atoms with E-state index in [4.69, 9.17) is 18.9 Å². The Bertz CT molecular complexity index is 1770. The Morgan fingerprint density at radius 1 is 0.595 bits per heavy atom. The number of carbonyl (C=O) groups is 2. The fraction of sp³-hybridized carbons (Fsp3) is 0.125. The number of fused-ring (bicyclic) bond motifs is 7. The van der Waals surface area contributed by atoms with Crippen LogP contribution < -0.4 is 9.47 Å². The average Bonchev–Trinajstić information content (AvgIpc) is 3.66. The second-order valence-corrected chi connectivity index (χ2v) is 14.1. The van der Waals surface area contributed by atoms with Crippen molar-refractivity contribution in [2.24, 2.45) is 0 Å². The summed E-state index contributed by atoms with van der Waals surface area (Å²) in [5.41, 5.74) is 2.02. The van der Waals surface area contributed by atoms with Crippen molar-refractivity contribution < 1.29 is 28.5 Å². The number of thioether (sulfide) groups is 4. The maximum absolute atomic E-state index is 12.4. The van der Waals surface area contributed by atoms with Gasteiger partial charge in [-0.05, 0) is 33.7 Å². The van der Waals surface area contributed by atoms with E-state index in [9.17, 15) is 9.59 Å². The van der Waals surface area contributed by atoms with Gasteiger partial charge >= 0.3 is 11.9 Å². The van der Waals surface area contributed by atoms with Crippen molar-refractivity contribution in [3.8, 4) is 22.6 Å². The molecule has 4 aromatic rings. The Kier molecular flexibility index (Phi) is 7.39. The van der Waals surface area contributed by atoms with Crippen molar-refractivity contribution in [1.82, 2.24) is 0 Å². The molecule has 3 heterocycles. The fourth-order valence-corrected chi connectivity index (χ4v) is 10.4. The maximum atomic E-state index is 12.4. The van der Waals surface area contributed by atoms with Gasteiger partial charge in [-0.15, -0.1) is 0 Å². The molecule has 0 amide bonds. The van der Waals surface area contributed by atoms with E-state index in [2.05, 4.69) is 36.4 Å². The van der Waals surface area contributed by atoms with Gasteiger partial charge in [-0.1, -0.05) is 108 Å². The number of rotatable bonds is 2. The van der Waals surface area contributed by atoms with Gasteiger partial charge in [-0.2, -0.15) is 0 Å². The molecular formula is C32H22O6S4. The third-order valence-corrected chi connectivity index (χ3v) is 12.7. The lowest BCUT2D eigenvalue weighted by Gasteiger charge is -2.21. The molecular weight excluding hydrogens is 609 g/mol. The minimum atomic E-state index is -0.560. The van der Waals surface area contributed by atoms with Gasteiger partial charge in [-0.3, -0.25) is 0 Å². The second kappa shape index (κ2) is 11.3. The number of methoxy groups -OCH3 is 2. The van der Waals surface area contributed by atoms with Crippen LogP contribution in [0.2, 0.25) is 0 Å². The fourth-order valence-electron chi connectivity index (χ4n) is 5.04. The zero-order chi connectivity index (χ0) is 28.8.